The summed E-state index contributed by atoms with van der Waals surface area (Å²) in [6.07, 6.45) is 15.3. The Morgan fingerprint density at radius 3 is 2.21 bits per heavy atom. The van der Waals surface area contributed by atoms with Crippen LogP contribution in [0, 0.1) is 11.8 Å². The highest BCUT2D eigenvalue weighted by Gasteiger charge is 2.18. The molecule has 4 nitrogen and oxygen atoms in total. The first-order valence-electron chi connectivity index (χ1n) is 12.1. The topological polar surface area (TPSA) is 49.4 Å². The maximum atomic E-state index is 11.9. The number of amides is 1. The lowest BCUT2D eigenvalue weighted by molar-refractivity contribution is -0.131. The molecular formula is C24H46N2O2. The fourth-order valence-corrected chi connectivity index (χ4v) is 4.11. The number of hydrogen-bond donors (Lipinski definition) is 1. The third kappa shape index (κ3) is 11.2. The van der Waals surface area contributed by atoms with E-state index in [0.29, 0.717) is 17.6 Å². The Labute approximate surface area is 174 Å². The van der Waals surface area contributed by atoms with Crippen LogP contribution in [0.25, 0.3) is 0 Å². The van der Waals surface area contributed by atoms with Gasteiger partial charge in [-0.2, -0.15) is 0 Å². The van der Waals surface area contributed by atoms with Crippen molar-refractivity contribution < 1.29 is 9.59 Å². The molecule has 4 heteroatoms. The van der Waals surface area contributed by atoms with E-state index >= 15 is 0 Å². The van der Waals surface area contributed by atoms with Crippen LogP contribution in [0.2, 0.25) is 0 Å². The summed E-state index contributed by atoms with van der Waals surface area (Å²) in [5.41, 5.74) is 0. The summed E-state index contributed by atoms with van der Waals surface area (Å²) >= 11 is 0. The number of rotatable bonds is 10. The number of carbonyl (C=O) groups is 2. The SMILES string of the molecule is CCC(=O)C1CCCCC1.CCC(C)CCCCCCC(=O)N1CCNCC1. The van der Waals surface area contributed by atoms with Crippen molar-refractivity contribution in [1.82, 2.24) is 10.2 Å². The van der Waals surface area contributed by atoms with Gasteiger partial charge >= 0.3 is 0 Å². The molecule has 2 aliphatic rings. The van der Waals surface area contributed by atoms with E-state index in [1.807, 2.05) is 11.8 Å². The Morgan fingerprint density at radius 2 is 1.61 bits per heavy atom. The van der Waals surface area contributed by atoms with Gasteiger partial charge in [0.2, 0.25) is 5.91 Å². The van der Waals surface area contributed by atoms with Crippen molar-refractivity contribution in [3.63, 3.8) is 0 Å². The summed E-state index contributed by atoms with van der Waals surface area (Å²) < 4.78 is 0. The lowest BCUT2D eigenvalue weighted by atomic mass is 9.85. The van der Waals surface area contributed by atoms with Gasteiger partial charge in [0.15, 0.2) is 0 Å². The number of Topliss-reactive ketones (excluding diaryl/α,β-unsaturated/α-hetero) is 1. The second-order valence-corrected chi connectivity index (χ2v) is 8.75. The van der Waals surface area contributed by atoms with E-state index in [9.17, 15) is 9.59 Å². The zero-order valence-electron chi connectivity index (χ0n) is 18.9. The minimum absolute atomic E-state index is 0.360. The molecule has 0 radical (unpaired) electrons. The maximum absolute atomic E-state index is 11.9. The van der Waals surface area contributed by atoms with Gasteiger partial charge in [0.25, 0.3) is 0 Å². The van der Waals surface area contributed by atoms with Gasteiger partial charge in [0, 0.05) is 44.9 Å². The normalized spacial score (nSPS) is 18.9. The minimum atomic E-state index is 0.360. The summed E-state index contributed by atoms with van der Waals surface area (Å²) in [5, 5.41) is 3.28. The molecule has 1 unspecified atom stereocenters. The summed E-state index contributed by atoms with van der Waals surface area (Å²) in [4.78, 5) is 25.1. The molecule has 1 N–H and O–H groups in total. The average Bonchev–Trinajstić information content (AvgIpc) is 2.76. The predicted octanol–water partition coefficient (Wildman–Crippen LogP) is 5.35. The lowest BCUT2D eigenvalue weighted by Gasteiger charge is -2.27. The Bertz CT molecular complexity index is 413. The maximum Gasteiger partial charge on any atom is 0.222 e. The van der Waals surface area contributed by atoms with Crippen molar-refractivity contribution in [3.05, 3.63) is 0 Å². The number of carbonyl (C=O) groups excluding carboxylic acids is 2. The van der Waals surface area contributed by atoms with Crippen LogP contribution in [0.5, 0.6) is 0 Å². The largest absolute Gasteiger partial charge is 0.340 e. The molecule has 1 atom stereocenters. The summed E-state index contributed by atoms with van der Waals surface area (Å²) in [6.45, 7) is 10.3. The molecule has 164 valence electrons. The van der Waals surface area contributed by atoms with Crippen LogP contribution in [0.15, 0.2) is 0 Å². The zero-order chi connectivity index (χ0) is 20.6. The first kappa shape index (κ1) is 25.1. The number of unbranched alkanes of at least 4 members (excludes halogenated alkanes) is 3. The van der Waals surface area contributed by atoms with Crippen LogP contribution in [0.1, 0.15) is 104 Å². The van der Waals surface area contributed by atoms with Gasteiger partial charge in [0.05, 0.1) is 0 Å². The van der Waals surface area contributed by atoms with Gasteiger partial charge in [-0.1, -0.05) is 72.1 Å². The van der Waals surface area contributed by atoms with Crippen molar-refractivity contribution >= 4 is 11.7 Å². The highest BCUT2D eigenvalue weighted by Crippen LogP contribution is 2.24. The summed E-state index contributed by atoms with van der Waals surface area (Å²) in [7, 11) is 0. The molecule has 28 heavy (non-hydrogen) atoms. The second kappa shape index (κ2) is 16.0. The molecule has 1 heterocycles. The van der Waals surface area contributed by atoms with Crippen LogP contribution >= 0.6 is 0 Å². The third-order valence-electron chi connectivity index (χ3n) is 6.41. The van der Waals surface area contributed by atoms with Crippen LogP contribution in [-0.4, -0.2) is 42.8 Å². The minimum Gasteiger partial charge on any atom is -0.340 e. The predicted molar refractivity (Wildman–Crippen MR) is 118 cm³/mol. The zero-order valence-corrected chi connectivity index (χ0v) is 18.9. The molecule has 1 amide bonds. The van der Waals surface area contributed by atoms with E-state index in [1.165, 1.54) is 51.4 Å². The highest BCUT2D eigenvalue weighted by atomic mass is 16.2. The van der Waals surface area contributed by atoms with E-state index in [0.717, 1.165) is 64.2 Å². The molecule has 1 saturated heterocycles. The van der Waals surface area contributed by atoms with Gasteiger partial charge in [-0.3, -0.25) is 9.59 Å². The van der Waals surface area contributed by atoms with Crippen LogP contribution in [-0.2, 0) is 9.59 Å². The van der Waals surface area contributed by atoms with Gasteiger partial charge < -0.3 is 10.2 Å². The Morgan fingerprint density at radius 1 is 0.964 bits per heavy atom. The van der Waals surface area contributed by atoms with E-state index in [4.69, 9.17) is 0 Å². The Hall–Kier alpha value is -0.900. The molecule has 1 aliphatic carbocycles. The van der Waals surface area contributed by atoms with E-state index < -0.39 is 0 Å². The molecule has 0 aromatic carbocycles. The van der Waals surface area contributed by atoms with Crippen molar-refractivity contribution in [3.8, 4) is 0 Å². The number of piperazine rings is 1. The van der Waals surface area contributed by atoms with Crippen molar-refractivity contribution in [1.29, 1.82) is 0 Å². The number of nitrogens with zero attached hydrogens (tertiary/aromatic N) is 1. The van der Waals surface area contributed by atoms with Crippen LogP contribution in [0.4, 0.5) is 0 Å². The number of hydrogen-bond acceptors (Lipinski definition) is 3. The van der Waals surface area contributed by atoms with Crippen molar-refractivity contribution in [2.24, 2.45) is 11.8 Å². The molecular weight excluding hydrogens is 348 g/mol. The van der Waals surface area contributed by atoms with Gasteiger partial charge in [-0.05, 0) is 25.2 Å². The van der Waals surface area contributed by atoms with E-state index in [1.54, 1.807) is 0 Å². The summed E-state index contributed by atoms with van der Waals surface area (Å²) in [6, 6.07) is 0. The van der Waals surface area contributed by atoms with E-state index in [-0.39, 0.29) is 0 Å². The summed E-state index contributed by atoms with van der Waals surface area (Å²) in [5.74, 6) is 2.14. The van der Waals surface area contributed by atoms with Crippen molar-refractivity contribution in [2.45, 2.75) is 104 Å². The fraction of sp³-hybridized carbons (Fsp3) is 0.917. The number of nitrogens with one attached hydrogen (secondary N) is 1. The smallest absolute Gasteiger partial charge is 0.222 e. The van der Waals surface area contributed by atoms with Crippen LogP contribution < -0.4 is 5.32 Å². The first-order valence-corrected chi connectivity index (χ1v) is 12.1. The van der Waals surface area contributed by atoms with Crippen LogP contribution in [0.3, 0.4) is 0 Å². The molecule has 0 aromatic heterocycles. The van der Waals surface area contributed by atoms with Gasteiger partial charge in [-0.15, -0.1) is 0 Å². The molecule has 0 aromatic rings. The van der Waals surface area contributed by atoms with Crippen molar-refractivity contribution in [2.75, 3.05) is 26.2 Å². The molecule has 0 spiro atoms. The highest BCUT2D eigenvalue weighted by molar-refractivity contribution is 5.80. The fourth-order valence-electron chi connectivity index (χ4n) is 4.11. The van der Waals surface area contributed by atoms with Gasteiger partial charge in [0.1, 0.15) is 5.78 Å². The molecule has 1 saturated carbocycles. The standard InChI is InChI=1S/C15H30N2O.C9H16O/c1-3-14(2)8-6-4-5-7-9-15(18)17-12-10-16-11-13-17;1-2-9(10)8-6-4-3-5-7-8/h14,16H,3-13H2,1-2H3;8H,2-7H2,1H3. The molecule has 0 bridgehead atoms. The average molecular weight is 395 g/mol. The Balaban J connectivity index is 0.000000330. The molecule has 2 rings (SSSR count). The monoisotopic (exact) mass is 394 g/mol. The second-order valence-electron chi connectivity index (χ2n) is 8.75. The molecule has 1 aliphatic heterocycles. The lowest BCUT2D eigenvalue weighted by Crippen LogP contribution is -2.46. The first-order chi connectivity index (χ1) is 13.6. The molecule has 2 fully saturated rings. The van der Waals surface area contributed by atoms with E-state index in [2.05, 4.69) is 19.2 Å². The quantitative estimate of drug-likeness (QED) is 0.508. The number of ketones is 1. The van der Waals surface area contributed by atoms with Gasteiger partial charge in [-0.25, -0.2) is 0 Å². The third-order valence-corrected chi connectivity index (χ3v) is 6.41. The Kier molecular flexibility index (Phi) is 14.3.